The molecular weight excluding hydrogens is 624 g/mol. The first-order valence-electron chi connectivity index (χ1n) is 14.9. The molecule has 15 heteroatoms. The zero-order valence-corrected chi connectivity index (χ0v) is 26.9. The first kappa shape index (κ1) is 36.5. The molecule has 0 amide bonds. The highest BCUT2D eigenvalue weighted by Crippen LogP contribution is 2.36. The first-order chi connectivity index (χ1) is 22.3. The fourth-order valence-corrected chi connectivity index (χ4v) is 4.56. The van der Waals surface area contributed by atoms with E-state index in [-0.39, 0.29) is 35.5 Å². The van der Waals surface area contributed by atoms with Gasteiger partial charge in [-0.2, -0.15) is 0 Å². The second-order valence-corrected chi connectivity index (χ2v) is 10.2. The van der Waals surface area contributed by atoms with Crippen LogP contribution in [0, 0.1) is 0 Å². The number of fused-ring (bicyclic) bond motifs is 1. The van der Waals surface area contributed by atoms with Gasteiger partial charge >= 0.3 is 35.5 Å². The van der Waals surface area contributed by atoms with E-state index in [1.54, 1.807) is 6.92 Å². The molecule has 3 rings (SSSR count). The predicted molar refractivity (Wildman–Crippen MR) is 161 cm³/mol. The Kier molecular flexibility index (Phi) is 13.3. The van der Waals surface area contributed by atoms with Gasteiger partial charge in [-0.25, -0.2) is 4.79 Å². The molecule has 1 fully saturated rings. The zero-order valence-electron chi connectivity index (χ0n) is 26.9. The van der Waals surface area contributed by atoms with Gasteiger partial charge in [0.15, 0.2) is 18.0 Å². The second-order valence-electron chi connectivity index (χ2n) is 10.2. The SMILES string of the molecule is CCC=CCCOc1c(OC(=O)CC)c(=O)oc2cc(O[C@@H]3O[C@H](COC(C)=O)[C@H](OC(C)=O)[C@H](OC(C)=O)[C@H]3OC(C)=O)ccc12. The molecular formula is C32H38O15. The largest absolute Gasteiger partial charge is 0.488 e. The van der Waals surface area contributed by atoms with Gasteiger partial charge < -0.3 is 42.3 Å². The normalized spacial score (nSPS) is 20.7. The quantitative estimate of drug-likeness (QED) is 0.0941. The Morgan fingerprint density at radius 1 is 0.830 bits per heavy atom. The lowest BCUT2D eigenvalue weighted by Gasteiger charge is -2.43. The number of rotatable bonds is 14. The van der Waals surface area contributed by atoms with Gasteiger partial charge in [0.05, 0.1) is 12.0 Å². The van der Waals surface area contributed by atoms with Crippen LogP contribution in [0.4, 0.5) is 0 Å². The number of carbonyl (C=O) groups is 5. The van der Waals surface area contributed by atoms with Crippen LogP contribution in [0.15, 0.2) is 39.6 Å². The Balaban J connectivity index is 2.06. The van der Waals surface area contributed by atoms with E-state index < -0.39 is 78.5 Å². The molecule has 2 heterocycles. The average Bonchev–Trinajstić information content (AvgIpc) is 2.99. The van der Waals surface area contributed by atoms with Crippen molar-refractivity contribution < 1.29 is 66.3 Å². The molecule has 0 spiro atoms. The third kappa shape index (κ3) is 10.3. The maximum absolute atomic E-state index is 13.0. The fraction of sp³-hybridized carbons (Fsp3) is 0.500. The van der Waals surface area contributed by atoms with Crippen molar-refractivity contribution in [2.75, 3.05) is 13.2 Å². The van der Waals surface area contributed by atoms with Gasteiger partial charge in [-0.1, -0.05) is 26.0 Å². The Morgan fingerprint density at radius 2 is 1.49 bits per heavy atom. The second kappa shape index (κ2) is 17.1. The minimum Gasteiger partial charge on any atom is -0.488 e. The van der Waals surface area contributed by atoms with Crippen LogP contribution >= 0.6 is 0 Å². The summed E-state index contributed by atoms with van der Waals surface area (Å²) in [6, 6.07) is 4.26. The highest BCUT2D eigenvalue weighted by molar-refractivity contribution is 5.88. The average molecular weight is 663 g/mol. The fourth-order valence-electron chi connectivity index (χ4n) is 4.56. The summed E-state index contributed by atoms with van der Waals surface area (Å²) in [6.45, 7) is 7.72. The minimum atomic E-state index is -1.52. The van der Waals surface area contributed by atoms with Crippen LogP contribution < -0.4 is 19.8 Å². The van der Waals surface area contributed by atoms with Crippen LogP contribution in [0.25, 0.3) is 11.0 Å². The number of benzene rings is 1. The van der Waals surface area contributed by atoms with Gasteiger partial charge in [-0.15, -0.1) is 0 Å². The number of ether oxygens (including phenoxy) is 8. The van der Waals surface area contributed by atoms with E-state index in [0.29, 0.717) is 6.42 Å². The molecule has 0 unspecified atom stereocenters. The Hall–Kier alpha value is -4.92. The number of esters is 5. The molecule has 0 bridgehead atoms. The van der Waals surface area contributed by atoms with Crippen LogP contribution in [0.5, 0.6) is 17.2 Å². The highest BCUT2D eigenvalue weighted by Gasteiger charge is 2.53. The van der Waals surface area contributed by atoms with Crippen LogP contribution in [-0.4, -0.2) is 73.8 Å². The molecule has 47 heavy (non-hydrogen) atoms. The van der Waals surface area contributed by atoms with E-state index in [2.05, 4.69) is 0 Å². The summed E-state index contributed by atoms with van der Waals surface area (Å²) in [7, 11) is 0. The van der Waals surface area contributed by atoms with E-state index >= 15 is 0 Å². The van der Waals surface area contributed by atoms with Crippen molar-refractivity contribution >= 4 is 40.8 Å². The highest BCUT2D eigenvalue weighted by atomic mass is 16.7. The van der Waals surface area contributed by atoms with Gasteiger partial charge in [-0.05, 0) is 25.0 Å². The Bertz CT molecular complexity index is 1540. The van der Waals surface area contributed by atoms with Crippen molar-refractivity contribution in [2.45, 2.75) is 91.5 Å². The zero-order chi connectivity index (χ0) is 34.7. The monoisotopic (exact) mass is 662 g/mol. The van der Waals surface area contributed by atoms with Crippen LogP contribution in [0.3, 0.4) is 0 Å². The van der Waals surface area contributed by atoms with Gasteiger partial charge in [0, 0.05) is 40.2 Å². The molecule has 1 aliphatic heterocycles. The van der Waals surface area contributed by atoms with Crippen molar-refractivity contribution in [3.63, 3.8) is 0 Å². The van der Waals surface area contributed by atoms with E-state index in [9.17, 15) is 28.8 Å². The number of hydrogen-bond acceptors (Lipinski definition) is 15. The van der Waals surface area contributed by atoms with E-state index in [4.69, 9.17) is 42.3 Å². The van der Waals surface area contributed by atoms with Crippen LogP contribution in [0.2, 0.25) is 0 Å². The molecule has 15 nitrogen and oxygen atoms in total. The van der Waals surface area contributed by atoms with Gasteiger partial charge in [0.1, 0.15) is 24.0 Å². The molecule has 1 aliphatic rings. The first-order valence-corrected chi connectivity index (χ1v) is 14.9. The lowest BCUT2D eigenvalue weighted by Crippen LogP contribution is -2.63. The summed E-state index contributed by atoms with van der Waals surface area (Å²) in [5.41, 5.74) is -1.00. The summed E-state index contributed by atoms with van der Waals surface area (Å²) in [5.74, 6) is -4.13. The topological polar surface area (TPSA) is 189 Å². The molecule has 5 atom stereocenters. The number of carbonyl (C=O) groups excluding carboxylic acids is 5. The maximum Gasteiger partial charge on any atom is 0.383 e. The van der Waals surface area contributed by atoms with Crippen LogP contribution in [-0.2, 0) is 47.7 Å². The van der Waals surface area contributed by atoms with Crippen LogP contribution in [0.1, 0.15) is 60.8 Å². The third-order valence-electron chi connectivity index (χ3n) is 6.43. The lowest BCUT2D eigenvalue weighted by molar-refractivity contribution is -0.288. The molecule has 1 aromatic carbocycles. The summed E-state index contributed by atoms with van der Waals surface area (Å²) < 4.78 is 49.9. The van der Waals surface area contributed by atoms with E-state index in [0.717, 1.165) is 34.1 Å². The summed E-state index contributed by atoms with van der Waals surface area (Å²) in [4.78, 5) is 72.9. The van der Waals surface area contributed by atoms with Gasteiger partial charge in [-0.3, -0.25) is 24.0 Å². The lowest BCUT2D eigenvalue weighted by atomic mass is 9.98. The van der Waals surface area contributed by atoms with Crippen molar-refractivity contribution in [1.82, 2.24) is 0 Å². The van der Waals surface area contributed by atoms with Gasteiger partial charge in [0.25, 0.3) is 5.75 Å². The van der Waals surface area contributed by atoms with E-state index in [1.165, 1.54) is 18.2 Å². The number of hydrogen-bond donors (Lipinski definition) is 0. The standard InChI is InChI=1S/C32H38O15/c1-7-9-10-11-14-39-26-22-13-12-21(15-23(22)45-31(38)29(26)47-25(37)8-2)44-32-30(43-20(6)36)28(42-19(5)35)27(41-18(4)34)24(46-32)16-40-17(3)33/h9-10,12-13,15,24,27-28,30,32H,7-8,11,14,16H2,1-6H3/t24-,27+,28+,30-,32-/m1/s1. The third-order valence-corrected chi connectivity index (χ3v) is 6.43. The molecule has 0 aliphatic carbocycles. The summed E-state index contributed by atoms with van der Waals surface area (Å²) >= 11 is 0. The minimum absolute atomic E-state index is 0.00107. The van der Waals surface area contributed by atoms with Crippen molar-refractivity contribution in [3.8, 4) is 17.2 Å². The van der Waals surface area contributed by atoms with Crippen molar-refractivity contribution in [2.24, 2.45) is 0 Å². The summed E-state index contributed by atoms with van der Waals surface area (Å²) in [6.07, 6.45) is -1.85. The summed E-state index contributed by atoms with van der Waals surface area (Å²) in [5, 5.41) is 0.275. The van der Waals surface area contributed by atoms with Crippen molar-refractivity contribution in [1.29, 1.82) is 0 Å². The molecule has 1 aromatic heterocycles. The molecule has 2 aromatic rings. The maximum atomic E-state index is 13.0. The Morgan fingerprint density at radius 3 is 2.11 bits per heavy atom. The van der Waals surface area contributed by atoms with E-state index in [1.807, 2.05) is 19.1 Å². The smallest absolute Gasteiger partial charge is 0.383 e. The molecule has 0 saturated carbocycles. The van der Waals surface area contributed by atoms with Crippen molar-refractivity contribution in [3.05, 3.63) is 40.8 Å². The predicted octanol–water partition coefficient (Wildman–Crippen LogP) is 3.31. The molecule has 0 N–H and O–H groups in total. The Labute approximate surface area is 269 Å². The van der Waals surface area contributed by atoms with Gasteiger partial charge in [0.2, 0.25) is 12.4 Å². The molecule has 256 valence electrons. The molecule has 1 saturated heterocycles. The number of allylic oxidation sites excluding steroid dienone is 1. The molecule has 0 radical (unpaired) electrons.